The molecule has 0 atom stereocenters. The van der Waals surface area contributed by atoms with Crippen molar-refractivity contribution < 1.29 is 19.1 Å². The molecule has 7 heteroatoms. The molecule has 1 aliphatic heterocycles. The molecule has 0 bridgehead atoms. The van der Waals surface area contributed by atoms with Crippen LogP contribution in [0.1, 0.15) is 44.7 Å². The Hall–Kier alpha value is -3.51. The highest BCUT2D eigenvalue weighted by Crippen LogP contribution is 2.31. The molecule has 2 amide bonds. The van der Waals surface area contributed by atoms with Crippen LogP contribution in [0, 0.1) is 6.92 Å². The average Bonchev–Trinajstić information content (AvgIpc) is 3.38. The van der Waals surface area contributed by atoms with Crippen LogP contribution >= 0.6 is 11.6 Å². The summed E-state index contributed by atoms with van der Waals surface area (Å²) in [4.78, 5) is 28.0. The molecule has 1 fully saturated rings. The lowest BCUT2D eigenvalue weighted by Gasteiger charge is -2.20. The largest absolute Gasteiger partial charge is 0.493 e. The van der Waals surface area contributed by atoms with Gasteiger partial charge < -0.3 is 19.7 Å². The molecule has 3 aromatic carbocycles. The Balaban J connectivity index is 1.52. The van der Waals surface area contributed by atoms with Gasteiger partial charge >= 0.3 is 0 Å². The summed E-state index contributed by atoms with van der Waals surface area (Å²) >= 11 is 6.20. The van der Waals surface area contributed by atoms with E-state index in [9.17, 15) is 9.59 Å². The maximum absolute atomic E-state index is 13.1. The van der Waals surface area contributed by atoms with Gasteiger partial charge in [-0.3, -0.25) is 9.59 Å². The number of methoxy groups -OCH3 is 1. The van der Waals surface area contributed by atoms with E-state index in [-0.39, 0.29) is 18.4 Å². The van der Waals surface area contributed by atoms with Crippen molar-refractivity contribution in [1.29, 1.82) is 0 Å². The molecular formula is C27H27ClN2O4. The Morgan fingerprint density at radius 1 is 1.00 bits per heavy atom. The Labute approximate surface area is 204 Å². The number of amides is 2. The maximum atomic E-state index is 13.1. The topological polar surface area (TPSA) is 67.9 Å². The lowest BCUT2D eigenvalue weighted by molar-refractivity contribution is 0.0793. The van der Waals surface area contributed by atoms with Crippen LogP contribution in [0.4, 0.5) is 5.69 Å². The zero-order valence-electron chi connectivity index (χ0n) is 19.3. The fourth-order valence-corrected chi connectivity index (χ4v) is 4.22. The van der Waals surface area contributed by atoms with Gasteiger partial charge in [0, 0.05) is 29.2 Å². The lowest BCUT2D eigenvalue weighted by atomic mass is 10.0. The molecule has 0 saturated carbocycles. The summed E-state index contributed by atoms with van der Waals surface area (Å²) in [7, 11) is 1.52. The highest BCUT2D eigenvalue weighted by Gasteiger charge is 2.24. The molecule has 0 spiro atoms. The smallest absolute Gasteiger partial charge is 0.256 e. The highest BCUT2D eigenvalue weighted by molar-refractivity contribution is 6.31. The highest BCUT2D eigenvalue weighted by atomic mass is 35.5. The third kappa shape index (κ3) is 5.18. The third-order valence-corrected chi connectivity index (χ3v) is 6.26. The number of carbonyl (C=O) groups is 2. The van der Waals surface area contributed by atoms with E-state index in [4.69, 9.17) is 21.1 Å². The standard InChI is InChI=1S/C27H27ClN2O4/c1-18-8-7-11-22(25(18)27(32)30-14-5-6-15-30)29-26(31)19-12-13-23(24(16-19)33-2)34-17-20-9-3-4-10-21(20)28/h3-4,7-13,16H,5-6,14-15,17H2,1-2H3,(H,29,31). The molecule has 0 unspecified atom stereocenters. The van der Waals surface area contributed by atoms with Gasteiger partial charge in [-0.15, -0.1) is 0 Å². The summed E-state index contributed by atoms with van der Waals surface area (Å²) in [6, 6.07) is 17.9. The zero-order chi connectivity index (χ0) is 24.1. The van der Waals surface area contributed by atoms with E-state index in [2.05, 4.69) is 5.32 Å². The van der Waals surface area contributed by atoms with E-state index in [0.29, 0.717) is 33.3 Å². The van der Waals surface area contributed by atoms with Gasteiger partial charge in [-0.1, -0.05) is 41.9 Å². The zero-order valence-corrected chi connectivity index (χ0v) is 20.0. The Morgan fingerprint density at radius 3 is 2.50 bits per heavy atom. The van der Waals surface area contributed by atoms with E-state index in [0.717, 1.165) is 37.1 Å². The Morgan fingerprint density at radius 2 is 1.76 bits per heavy atom. The first-order valence-corrected chi connectivity index (χ1v) is 11.6. The van der Waals surface area contributed by atoms with Gasteiger partial charge in [0.15, 0.2) is 11.5 Å². The first-order valence-electron chi connectivity index (χ1n) is 11.2. The molecule has 4 rings (SSSR count). The summed E-state index contributed by atoms with van der Waals surface area (Å²) in [6.07, 6.45) is 2.01. The van der Waals surface area contributed by atoms with Crippen LogP contribution in [0.25, 0.3) is 0 Å². The van der Waals surface area contributed by atoms with E-state index in [1.54, 1.807) is 30.3 Å². The predicted molar refractivity (Wildman–Crippen MR) is 133 cm³/mol. The van der Waals surface area contributed by atoms with Gasteiger partial charge in [0.25, 0.3) is 11.8 Å². The summed E-state index contributed by atoms with van der Waals surface area (Å²) in [5.74, 6) is 0.542. The minimum Gasteiger partial charge on any atom is -0.493 e. The van der Waals surface area contributed by atoms with E-state index < -0.39 is 0 Å². The molecule has 34 heavy (non-hydrogen) atoms. The van der Waals surface area contributed by atoms with Crippen LogP contribution in [0.3, 0.4) is 0 Å². The minimum absolute atomic E-state index is 0.0493. The number of benzene rings is 3. The minimum atomic E-state index is -0.336. The second-order valence-electron chi connectivity index (χ2n) is 8.20. The van der Waals surface area contributed by atoms with Gasteiger partial charge in [-0.05, 0) is 55.7 Å². The SMILES string of the molecule is COc1cc(C(=O)Nc2cccc(C)c2C(=O)N2CCCC2)ccc1OCc1ccccc1Cl. The third-order valence-electron chi connectivity index (χ3n) is 5.89. The number of nitrogens with zero attached hydrogens (tertiary/aromatic N) is 1. The fraction of sp³-hybridized carbons (Fsp3) is 0.259. The van der Waals surface area contributed by atoms with E-state index in [1.165, 1.54) is 7.11 Å². The van der Waals surface area contributed by atoms with Crippen LogP contribution in [0.2, 0.25) is 5.02 Å². The monoisotopic (exact) mass is 478 g/mol. The number of halogens is 1. The molecule has 176 valence electrons. The van der Waals surface area contributed by atoms with E-state index in [1.807, 2.05) is 42.2 Å². The second kappa shape index (κ2) is 10.6. The molecule has 3 aromatic rings. The van der Waals surface area contributed by atoms with Crippen LogP contribution in [-0.4, -0.2) is 36.9 Å². The Kier molecular flexibility index (Phi) is 7.38. The number of aryl methyl sites for hydroxylation is 1. The number of ether oxygens (including phenoxy) is 2. The molecule has 0 aliphatic carbocycles. The molecule has 6 nitrogen and oxygen atoms in total. The van der Waals surface area contributed by atoms with Gasteiger partial charge in [-0.2, -0.15) is 0 Å². The summed E-state index contributed by atoms with van der Waals surface area (Å²) in [5.41, 5.74) is 3.10. The van der Waals surface area contributed by atoms with Crippen molar-refractivity contribution in [1.82, 2.24) is 4.90 Å². The molecule has 1 saturated heterocycles. The average molecular weight is 479 g/mol. The second-order valence-corrected chi connectivity index (χ2v) is 8.60. The Bertz CT molecular complexity index is 1200. The first kappa shape index (κ1) is 23.6. The first-order chi connectivity index (χ1) is 16.5. The van der Waals surface area contributed by atoms with Crippen molar-refractivity contribution in [3.05, 3.63) is 87.9 Å². The summed E-state index contributed by atoms with van der Waals surface area (Å²) in [5, 5.41) is 3.53. The van der Waals surface area contributed by atoms with Gasteiger partial charge in [0.1, 0.15) is 6.61 Å². The number of hydrogen-bond donors (Lipinski definition) is 1. The van der Waals surface area contributed by atoms with E-state index >= 15 is 0 Å². The maximum Gasteiger partial charge on any atom is 0.256 e. The van der Waals surface area contributed by atoms with Crippen molar-refractivity contribution in [3.8, 4) is 11.5 Å². The van der Waals surface area contributed by atoms with Crippen LogP contribution in [-0.2, 0) is 6.61 Å². The molecule has 0 radical (unpaired) electrons. The van der Waals surface area contributed by atoms with Crippen LogP contribution < -0.4 is 14.8 Å². The quantitative estimate of drug-likeness (QED) is 0.471. The number of likely N-dealkylation sites (tertiary alicyclic amines) is 1. The normalized spacial score (nSPS) is 13.0. The molecule has 0 aromatic heterocycles. The van der Waals surface area contributed by atoms with Gasteiger partial charge in [0.05, 0.1) is 18.4 Å². The van der Waals surface area contributed by atoms with Crippen molar-refractivity contribution in [2.45, 2.75) is 26.4 Å². The molecule has 1 N–H and O–H groups in total. The number of hydrogen-bond acceptors (Lipinski definition) is 4. The number of rotatable bonds is 7. The van der Waals surface area contributed by atoms with Gasteiger partial charge in [-0.25, -0.2) is 0 Å². The number of carbonyl (C=O) groups excluding carboxylic acids is 2. The summed E-state index contributed by atoms with van der Waals surface area (Å²) < 4.78 is 11.3. The number of nitrogens with one attached hydrogen (secondary N) is 1. The lowest BCUT2D eigenvalue weighted by Crippen LogP contribution is -2.29. The summed E-state index contributed by atoms with van der Waals surface area (Å²) in [6.45, 7) is 3.64. The van der Waals surface area contributed by atoms with Crippen molar-refractivity contribution >= 4 is 29.1 Å². The van der Waals surface area contributed by atoms with Crippen molar-refractivity contribution in [2.75, 3.05) is 25.5 Å². The van der Waals surface area contributed by atoms with Crippen LogP contribution in [0.5, 0.6) is 11.5 Å². The van der Waals surface area contributed by atoms with Gasteiger partial charge in [0.2, 0.25) is 0 Å². The van der Waals surface area contributed by atoms with Crippen LogP contribution in [0.15, 0.2) is 60.7 Å². The molecular weight excluding hydrogens is 452 g/mol. The molecule has 1 heterocycles. The van der Waals surface area contributed by atoms with Crippen molar-refractivity contribution in [3.63, 3.8) is 0 Å². The fourth-order valence-electron chi connectivity index (χ4n) is 4.03. The predicted octanol–water partition coefficient (Wildman–Crippen LogP) is 5.72. The number of anilines is 1. The molecule has 1 aliphatic rings. The van der Waals surface area contributed by atoms with Crippen molar-refractivity contribution in [2.24, 2.45) is 0 Å².